The summed E-state index contributed by atoms with van der Waals surface area (Å²) in [6.07, 6.45) is 30.0. The van der Waals surface area contributed by atoms with E-state index in [0.29, 0.717) is 12.8 Å². The highest BCUT2D eigenvalue weighted by Crippen LogP contribution is 2.16. The van der Waals surface area contributed by atoms with Gasteiger partial charge < -0.3 is 15.5 Å². The van der Waals surface area contributed by atoms with Crippen LogP contribution in [0.1, 0.15) is 188 Å². The van der Waals surface area contributed by atoms with Crippen LogP contribution in [0.3, 0.4) is 0 Å². The van der Waals surface area contributed by atoms with Crippen molar-refractivity contribution >= 4 is 5.91 Å². The lowest BCUT2D eigenvalue weighted by atomic mass is 9.99. The quantitative estimate of drug-likeness (QED) is 0.0852. The largest absolute Gasteiger partial charge is 0.391 e. The van der Waals surface area contributed by atoms with E-state index in [4.69, 9.17) is 0 Å². The van der Waals surface area contributed by atoms with Gasteiger partial charge in [-0.3, -0.25) is 4.79 Å². The summed E-state index contributed by atoms with van der Waals surface area (Å²) in [4.78, 5) is 12.4. The first-order valence-corrected chi connectivity index (χ1v) is 16.7. The number of hydrogen-bond acceptors (Lipinski definition) is 3. The van der Waals surface area contributed by atoms with E-state index in [0.717, 1.165) is 32.1 Å². The minimum atomic E-state index is -0.952. The molecule has 0 spiro atoms. The van der Waals surface area contributed by atoms with E-state index in [1.807, 2.05) is 6.92 Å². The second-order valence-electron chi connectivity index (χ2n) is 11.6. The smallest absolute Gasteiger partial charge is 0.249 e. The molecule has 0 aliphatic carbocycles. The molecule has 0 heterocycles. The second-order valence-corrected chi connectivity index (χ2v) is 11.6. The lowest BCUT2D eigenvalue weighted by Gasteiger charge is -2.24. The Balaban J connectivity index is 3.71. The number of carbonyl (C=O) groups excluding carboxylic acids is 1. The SMILES string of the molecule is CCCCCCCCCCCCCCCC(O)C(CC)NC(=O)C(O)CCCCCCCCCCCC. The molecule has 37 heavy (non-hydrogen) atoms. The fourth-order valence-electron chi connectivity index (χ4n) is 5.28. The van der Waals surface area contributed by atoms with Gasteiger partial charge in [0, 0.05) is 0 Å². The Hall–Kier alpha value is -0.610. The zero-order valence-corrected chi connectivity index (χ0v) is 25.4. The molecule has 0 saturated carbocycles. The van der Waals surface area contributed by atoms with Crippen molar-refractivity contribution < 1.29 is 15.0 Å². The maximum absolute atomic E-state index is 12.4. The van der Waals surface area contributed by atoms with E-state index in [1.54, 1.807) is 0 Å². The van der Waals surface area contributed by atoms with Gasteiger partial charge in [0.2, 0.25) is 5.91 Å². The van der Waals surface area contributed by atoms with Crippen LogP contribution in [0.4, 0.5) is 0 Å². The van der Waals surface area contributed by atoms with E-state index in [2.05, 4.69) is 19.2 Å². The Kier molecular flexibility index (Phi) is 27.9. The summed E-state index contributed by atoms with van der Waals surface area (Å²) in [6.45, 7) is 6.51. The normalized spacial score (nSPS) is 14.0. The molecule has 1 amide bonds. The molecule has 3 atom stereocenters. The highest BCUT2D eigenvalue weighted by molar-refractivity contribution is 5.80. The Morgan fingerprint density at radius 2 is 0.838 bits per heavy atom. The third-order valence-corrected chi connectivity index (χ3v) is 7.97. The highest BCUT2D eigenvalue weighted by atomic mass is 16.3. The van der Waals surface area contributed by atoms with Crippen LogP contribution < -0.4 is 5.32 Å². The molecule has 0 aromatic heterocycles. The fraction of sp³-hybridized carbons (Fsp3) is 0.970. The maximum atomic E-state index is 12.4. The van der Waals surface area contributed by atoms with Crippen molar-refractivity contribution in [1.29, 1.82) is 0 Å². The summed E-state index contributed by atoms with van der Waals surface area (Å²) in [6, 6.07) is -0.257. The van der Waals surface area contributed by atoms with E-state index < -0.39 is 12.2 Å². The van der Waals surface area contributed by atoms with Gasteiger partial charge in [0.15, 0.2) is 0 Å². The minimum absolute atomic E-state index is 0.257. The molecule has 3 N–H and O–H groups in total. The number of hydrogen-bond donors (Lipinski definition) is 3. The van der Waals surface area contributed by atoms with Crippen molar-refractivity contribution in [1.82, 2.24) is 5.32 Å². The molecule has 3 unspecified atom stereocenters. The molecule has 4 nitrogen and oxygen atoms in total. The van der Waals surface area contributed by atoms with Gasteiger partial charge in [-0.25, -0.2) is 0 Å². The number of carbonyl (C=O) groups is 1. The van der Waals surface area contributed by atoms with Gasteiger partial charge in [0.25, 0.3) is 0 Å². The monoisotopic (exact) mass is 526 g/mol. The molecule has 0 radical (unpaired) electrons. The summed E-state index contributed by atoms with van der Waals surface area (Å²) in [5.41, 5.74) is 0. The predicted octanol–water partition coefficient (Wildman–Crippen LogP) is 9.40. The molecule has 0 rings (SSSR count). The van der Waals surface area contributed by atoms with Crippen molar-refractivity contribution in [2.24, 2.45) is 0 Å². The van der Waals surface area contributed by atoms with Gasteiger partial charge in [-0.1, -0.05) is 168 Å². The molecule has 0 fully saturated rings. The summed E-state index contributed by atoms with van der Waals surface area (Å²) >= 11 is 0. The molecule has 0 aromatic carbocycles. The van der Waals surface area contributed by atoms with Crippen molar-refractivity contribution in [2.75, 3.05) is 0 Å². The lowest BCUT2D eigenvalue weighted by molar-refractivity contribution is -0.131. The Morgan fingerprint density at radius 3 is 1.19 bits per heavy atom. The number of rotatable bonds is 29. The Bertz CT molecular complexity index is 470. The zero-order chi connectivity index (χ0) is 27.4. The van der Waals surface area contributed by atoms with Crippen LogP contribution in [0.5, 0.6) is 0 Å². The summed E-state index contributed by atoms with van der Waals surface area (Å²) < 4.78 is 0. The molecular weight excluding hydrogens is 458 g/mol. The van der Waals surface area contributed by atoms with E-state index in [1.165, 1.54) is 122 Å². The lowest BCUT2D eigenvalue weighted by Crippen LogP contribution is -2.47. The van der Waals surface area contributed by atoms with Crippen LogP contribution in [-0.2, 0) is 4.79 Å². The average Bonchev–Trinajstić information content (AvgIpc) is 2.90. The Morgan fingerprint density at radius 1 is 0.514 bits per heavy atom. The number of aliphatic hydroxyl groups is 2. The van der Waals surface area contributed by atoms with Gasteiger partial charge in [0.05, 0.1) is 12.1 Å². The van der Waals surface area contributed by atoms with Crippen molar-refractivity contribution in [3.05, 3.63) is 0 Å². The van der Waals surface area contributed by atoms with Crippen LogP contribution in [-0.4, -0.2) is 34.4 Å². The zero-order valence-electron chi connectivity index (χ0n) is 25.4. The number of unbranched alkanes of at least 4 members (excludes halogenated alkanes) is 21. The van der Waals surface area contributed by atoms with Gasteiger partial charge in [-0.05, 0) is 19.3 Å². The molecule has 0 saturated heterocycles. The summed E-state index contributed by atoms with van der Waals surface area (Å²) in [7, 11) is 0. The first-order chi connectivity index (χ1) is 18.1. The van der Waals surface area contributed by atoms with Crippen LogP contribution in [0, 0.1) is 0 Å². The topological polar surface area (TPSA) is 69.6 Å². The van der Waals surface area contributed by atoms with Gasteiger partial charge in [0.1, 0.15) is 6.10 Å². The first-order valence-electron chi connectivity index (χ1n) is 16.7. The molecule has 222 valence electrons. The van der Waals surface area contributed by atoms with Crippen LogP contribution in [0.25, 0.3) is 0 Å². The van der Waals surface area contributed by atoms with Crippen LogP contribution in [0.15, 0.2) is 0 Å². The molecule has 4 heteroatoms. The maximum Gasteiger partial charge on any atom is 0.249 e. The van der Waals surface area contributed by atoms with E-state index >= 15 is 0 Å². The summed E-state index contributed by atoms with van der Waals surface area (Å²) in [5, 5.41) is 23.8. The van der Waals surface area contributed by atoms with Crippen molar-refractivity contribution in [2.45, 2.75) is 206 Å². The third kappa shape index (κ3) is 24.2. The summed E-state index contributed by atoms with van der Waals surface area (Å²) in [5.74, 6) is -0.313. The number of amides is 1. The highest BCUT2D eigenvalue weighted by Gasteiger charge is 2.22. The molecule has 0 aliphatic rings. The fourth-order valence-corrected chi connectivity index (χ4v) is 5.28. The number of nitrogens with one attached hydrogen (secondary N) is 1. The van der Waals surface area contributed by atoms with Crippen molar-refractivity contribution in [3.8, 4) is 0 Å². The average molecular weight is 526 g/mol. The van der Waals surface area contributed by atoms with E-state index in [9.17, 15) is 15.0 Å². The minimum Gasteiger partial charge on any atom is -0.391 e. The molecular formula is C33H67NO3. The molecule has 0 bridgehead atoms. The van der Waals surface area contributed by atoms with E-state index in [-0.39, 0.29) is 11.9 Å². The van der Waals surface area contributed by atoms with Gasteiger partial charge in [-0.15, -0.1) is 0 Å². The van der Waals surface area contributed by atoms with Crippen molar-refractivity contribution in [3.63, 3.8) is 0 Å². The van der Waals surface area contributed by atoms with Gasteiger partial charge >= 0.3 is 0 Å². The molecule has 0 aromatic rings. The first kappa shape index (κ1) is 36.4. The standard InChI is InChI=1S/C33H67NO3/c1-4-7-9-11-13-15-17-18-19-21-22-24-26-28-31(35)30(6-3)34-33(37)32(36)29-27-25-23-20-16-14-12-10-8-5-2/h30-32,35-36H,4-29H2,1-3H3,(H,34,37). The van der Waals surface area contributed by atoms with Crippen LogP contribution >= 0.6 is 0 Å². The van der Waals surface area contributed by atoms with Crippen LogP contribution in [0.2, 0.25) is 0 Å². The molecule has 0 aliphatic heterocycles. The third-order valence-electron chi connectivity index (χ3n) is 7.97. The Labute approximate surface area is 232 Å². The number of aliphatic hydroxyl groups excluding tert-OH is 2. The predicted molar refractivity (Wildman–Crippen MR) is 161 cm³/mol. The van der Waals surface area contributed by atoms with Gasteiger partial charge in [-0.2, -0.15) is 0 Å². The second kappa shape index (κ2) is 28.4.